The van der Waals surface area contributed by atoms with Gasteiger partial charge in [0.05, 0.1) is 42.5 Å². The second-order valence-corrected chi connectivity index (χ2v) is 9.51. The zero-order valence-corrected chi connectivity index (χ0v) is 22.0. The van der Waals surface area contributed by atoms with Gasteiger partial charge in [0.25, 0.3) is 0 Å². The molecule has 6 rings (SSSR count). The summed E-state index contributed by atoms with van der Waals surface area (Å²) in [6, 6.07) is 23.3. The average Bonchev–Trinajstić information content (AvgIpc) is 3.56. The van der Waals surface area contributed by atoms with Crippen LogP contribution in [0.25, 0.3) is 11.5 Å². The molecule has 0 radical (unpaired) electrons. The summed E-state index contributed by atoms with van der Waals surface area (Å²) in [4.78, 5) is 15.6. The molecule has 2 amide bonds. The van der Waals surface area contributed by atoms with E-state index in [0.717, 1.165) is 46.2 Å². The minimum atomic E-state index is -0.848. The predicted octanol–water partition coefficient (Wildman–Crippen LogP) is 6.65. The Balaban J connectivity index is 1.54. The summed E-state index contributed by atoms with van der Waals surface area (Å²) in [6.45, 7) is 2.23. The second-order valence-electron chi connectivity index (χ2n) is 9.51. The van der Waals surface area contributed by atoms with Gasteiger partial charge in [0.2, 0.25) is 0 Å². The van der Waals surface area contributed by atoms with Gasteiger partial charge in [-0.3, -0.25) is 0 Å². The lowest BCUT2D eigenvalue weighted by Gasteiger charge is -2.31. The number of methoxy groups -OCH3 is 1. The maximum absolute atomic E-state index is 14.6. The molecular weight excluding hydrogens is 512 g/mol. The fourth-order valence-electron chi connectivity index (χ4n) is 5.26. The fraction of sp³-hybridized carbons (Fsp3) is 0.161. The molecule has 0 saturated carbocycles. The highest BCUT2D eigenvalue weighted by Crippen LogP contribution is 2.39. The molecule has 0 fully saturated rings. The van der Waals surface area contributed by atoms with Crippen LogP contribution in [0.2, 0.25) is 0 Å². The number of hydrogen-bond donors (Lipinski definition) is 1. The van der Waals surface area contributed by atoms with E-state index in [1.165, 1.54) is 6.07 Å². The maximum atomic E-state index is 14.6. The summed E-state index contributed by atoms with van der Waals surface area (Å²) in [5, 5.41) is 7.61. The number of nitrogens with one attached hydrogen (secondary N) is 1. The number of benzene rings is 3. The van der Waals surface area contributed by atoms with Gasteiger partial charge in [-0.15, -0.1) is 0 Å². The molecule has 1 atom stereocenters. The molecule has 0 spiro atoms. The van der Waals surface area contributed by atoms with Crippen LogP contribution in [0.4, 0.5) is 19.3 Å². The van der Waals surface area contributed by atoms with Crippen LogP contribution in [0.3, 0.4) is 0 Å². The van der Waals surface area contributed by atoms with Crippen LogP contribution in [-0.2, 0) is 13.0 Å². The molecule has 0 saturated heterocycles. The Hall–Kier alpha value is -4.92. The van der Waals surface area contributed by atoms with E-state index in [1.807, 2.05) is 84.5 Å². The van der Waals surface area contributed by atoms with E-state index in [-0.39, 0.29) is 12.2 Å². The number of anilines is 1. The van der Waals surface area contributed by atoms with Gasteiger partial charge in [-0.2, -0.15) is 5.10 Å². The van der Waals surface area contributed by atoms with E-state index in [2.05, 4.69) is 9.88 Å². The van der Waals surface area contributed by atoms with Crippen molar-refractivity contribution in [3.63, 3.8) is 0 Å². The van der Waals surface area contributed by atoms with E-state index in [4.69, 9.17) is 9.84 Å². The minimum Gasteiger partial charge on any atom is -0.497 e. The minimum absolute atomic E-state index is 0.101. The fourth-order valence-corrected chi connectivity index (χ4v) is 5.26. The molecule has 0 unspecified atom stereocenters. The molecule has 1 aliphatic heterocycles. The van der Waals surface area contributed by atoms with Crippen LogP contribution in [0.5, 0.6) is 5.75 Å². The molecular formula is C31H27F2N5O2. The largest absolute Gasteiger partial charge is 0.497 e. The first-order valence-corrected chi connectivity index (χ1v) is 13.0. The number of rotatable bonds is 5. The van der Waals surface area contributed by atoms with Crippen molar-refractivity contribution >= 4 is 11.7 Å². The number of carbonyl (C=O) groups is 1. The third-order valence-corrected chi connectivity index (χ3v) is 7.17. The zero-order valence-electron chi connectivity index (χ0n) is 22.0. The monoisotopic (exact) mass is 539 g/mol. The summed E-state index contributed by atoms with van der Waals surface area (Å²) >= 11 is 0. The van der Waals surface area contributed by atoms with Crippen LogP contribution >= 0.6 is 0 Å². The van der Waals surface area contributed by atoms with Crippen LogP contribution in [0, 0.1) is 11.6 Å². The molecule has 9 heteroatoms. The molecule has 5 aromatic rings. The van der Waals surface area contributed by atoms with Crippen molar-refractivity contribution in [1.29, 1.82) is 0 Å². The van der Waals surface area contributed by atoms with Crippen molar-refractivity contribution < 1.29 is 18.3 Å². The zero-order chi connectivity index (χ0) is 27.8. The summed E-state index contributed by atoms with van der Waals surface area (Å²) in [7, 11) is 1.60. The van der Waals surface area contributed by atoms with Crippen LogP contribution < -0.4 is 10.1 Å². The van der Waals surface area contributed by atoms with E-state index in [0.29, 0.717) is 12.2 Å². The lowest BCUT2D eigenvalue weighted by molar-refractivity contribution is 0.194. The number of aryl methyl sites for hydroxylation is 1. The Bertz CT molecular complexity index is 1680. The number of urea groups is 1. The number of ether oxygens (including phenoxy) is 1. The number of carbonyl (C=O) groups excluding carboxylic acids is 1. The predicted molar refractivity (Wildman–Crippen MR) is 148 cm³/mol. The van der Waals surface area contributed by atoms with Crippen molar-refractivity contribution in [2.45, 2.75) is 25.9 Å². The third kappa shape index (κ3) is 4.39. The van der Waals surface area contributed by atoms with Crippen molar-refractivity contribution in [3.05, 3.63) is 125 Å². The van der Waals surface area contributed by atoms with Crippen molar-refractivity contribution in [3.8, 4) is 17.3 Å². The Morgan fingerprint density at radius 3 is 2.50 bits per heavy atom. The highest BCUT2D eigenvalue weighted by atomic mass is 19.1. The van der Waals surface area contributed by atoms with Gasteiger partial charge >= 0.3 is 6.03 Å². The van der Waals surface area contributed by atoms with Gasteiger partial charge in [-0.05, 0) is 60.5 Å². The van der Waals surface area contributed by atoms with Gasteiger partial charge in [-0.1, -0.05) is 37.3 Å². The number of amides is 2. The number of aromatic nitrogens is 3. The smallest absolute Gasteiger partial charge is 0.323 e. The molecule has 3 heterocycles. The SMILES string of the molecule is CCc1nn(-c2ccccc2)c2c1CN(C(=O)Nc1ccc(F)cc1F)[C@@H](c1ccc(OC)cc1)c1cccn1-2. The number of hydrogen-bond acceptors (Lipinski definition) is 3. The van der Waals surface area contributed by atoms with Gasteiger partial charge in [0.1, 0.15) is 23.2 Å². The summed E-state index contributed by atoms with van der Waals surface area (Å²) in [5.74, 6) is -0.0395. The van der Waals surface area contributed by atoms with E-state index in [9.17, 15) is 13.6 Å². The summed E-state index contributed by atoms with van der Waals surface area (Å²) in [6.07, 6.45) is 2.61. The lowest BCUT2D eigenvalue weighted by atomic mass is 10.0. The quantitative estimate of drug-likeness (QED) is 0.272. The number of para-hydroxylation sites is 1. The first kappa shape index (κ1) is 25.4. The first-order valence-electron chi connectivity index (χ1n) is 13.0. The Labute approximate surface area is 230 Å². The van der Waals surface area contributed by atoms with Gasteiger partial charge in [0, 0.05) is 17.8 Å². The Kier molecular flexibility index (Phi) is 6.55. The summed E-state index contributed by atoms with van der Waals surface area (Å²) < 4.78 is 37.5. The third-order valence-electron chi connectivity index (χ3n) is 7.17. The van der Waals surface area contributed by atoms with E-state index < -0.39 is 23.7 Å². The highest BCUT2D eigenvalue weighted by molar-refractivity contribution is 5.90. The maximum Gasteiger partial charge on any atom is 0.323 e. The lowest BCUT2D eigenvalue weighted by Crippen LogP contribution is -2.38. The van der Waals surface area contributed by atoms with Crippen LogP contribution in [0.1, 0.15) is 35.5 Å². The number of nitrogens with zero attached hydrogens (tertiary/aromatic N) is 4. The normalized spacial score (nSPS) is 14.3. The Morgan fingerprint density at radius 1 is 1.02 bits per heavy atom. The molecule has 202 valence electrons. The molecule has 0 aliphatic carbocycles. The van der Waals surface area contributed by atoms with Crippen molar-refractivity contribution in [2.24, 2.45) is 0 Å². The van der Waals surface area contributed by atoms with Crippen molar-refractivity contribution in [1.82, 2.24) is 19.2 Å². The molecule has 2 aromatic heterocycles. The topological polar surface area (TPSA) is 64.3 Å². The van der Waals surface area contributed by atoms with Gasteiger partial charge < -0.3 is 19.5 Å². The molecule has 7 nitrogen and oxygen atoms in total. The number of halogens is 2. The van der Waals surface area contributed by atoms with E-state index in [1.54, 1.807) is 12.0 Å². The van der Waals surface area contributed by atoms with Crippen molar-refractivity contribution in [2.75, 3.05) is 12.4 Å². The molecule has 40 heavy (non-hydrogen) atoms. The van der Waals surface area contributed by atoms with Gasteiger partial charge in [0.15, 0.2) is 0 Å². The van der Waals surface area contributed by atoms with E-state index >= 15 is 0 Å². The average molecular weight is 540 g/mol. The second kappa shape index (κ2) is 10.3. The number of fused-ring (bicyclic) bond motifs is 3. The molecule has 1 aliphatic rings. The summed E-state index contributed by atoms with van der Waals surface area (Å²) in [5.41, 5.74) is 4.20. The van der Waals surface area contributed by atoms with Crippen LogP contribution in [0.15, 0.2) is 91.1 Å². The standard InChI is InChI=1S/C31H27F2N5O2/c1-3-26-24-19-37(31(39)34-27-16-13-21(32)18-25(27)33)29(20-11-14-23(40-2)15-12-20)28-10-7-17-36(28)30(24)38(35-26)22-8-5-4-6-9-22/h4-18,29H,3,19H2,1-2H3,(H,34,39)/t29-/m0/s1. The first-order chi connectivity index (χ1) is 19.5. The molecule has 3 aromatic carbocycles. The van der Waals surface area contributed by atoms with Gasteiger partial charge in [-0.25, -0.2) is 18.3 Å². The Morgan fingerprint density at radius 2 is 1.80 bits per heavy atom. The highest BCUT2D eigenvalue weighted by Gasteiger charge is 2.36. The molecule has 0 bridgehead atoms. The van der Waals surface area contributed by atoms with Crippen LogP contribution in [-0.4, -0.2) is 32.4 Å². The molecule has 1 N–H and O–H groups in total.